The fourth-order valence-corrected chi connectivity index (χ4v) is 5.35. The zero-order chi connectivity index (χ0) is 28.0. The number of terminal acetylenes is 1. The maximum atomic E-state index is 13.0. The standard InChI is InChI=1S/C29H36N8O3/c1-3-4-10-29(34-35-29)11-9-25(38)31-14-15-32-27(39)22-7-5-6-8-23(22)40-24-18-30-21-33-26(24)37-19-28(20-37)12-16-36(2)17-13-28/h1,5-8,18,21H,4,9-17,19-20H2,2H3,(H,31,38)(H,32,39). The molecule has 0 saturated carbocycles. The van der Waals surface area contributed by atoms with Crippen LogP contribution in [0.5, 0.6) is 11.5 Å². The van der Waals surface area contributed by atoms with Crippen LogP contribution in [0.4, 0.5) is 5.82 Å². The van der Waals surface area contributed by atoms with Gasteiger partial charge in [0.2, 0.25) is 5.91 Å². The van der Waals surface area contributed by atoms with Crippen molar-refractivity contribution in [3.63, 3.8) is 0 Å². The molecule has 11 heteroatoms. The van der Waals surface area contributed by atoms with Gasteiger partial charge in [0.05, 0.1) is 11.8 Å². The number of nitrogens with zero attached hydrogens (tertiary/aromatic N) is 6. The minimum atomic E-state index is -0.477. The minimum absolute atomic E-state index is 0.111. The van der Waals surface area contributed by atoms with E-state index in [0.29, 0.717) is 54.7 Å². The average Bonchev–Trinajstić information content (AvgIpc) is 3.73. The molecule has 0 unspecified atom stereocenters. The smallest absolute Gasteiger partial charge is 0.255 e. The fourth-order valence-electron chi connectivity index (χ4n) is 5.35. The highest BCUT2D eigenvalue weighted by Gasteiger charge is 2.45. The molecule has 5 rings (SSSR count). The molecule has 3 aliphatic rings. The number of piperidine rings is 1. The van der Waals surface area contributed by atoms with E-state index < -0.39 is 5.66 Å². The van der Waals surface area contributed by atoms with Crippen LogP contribution < -0.4 is 20.3 Å². The Morgan fingerprint density at radius 2 is 1.82 bits per heavy atom. The first-order valence-electron chi connectivity index (χ1n) is 13.8. The first-order valence-corrected chi connectivity index (χ1v) is 13.8. The van der Waals surface area contributed by atoms with Crippen molar-refractivity contribution in [2.24, 2.45) is 15.6 Å². The second-order valence-electron chi connectivity index (χ2n) is 11.0. The van der Waals surface area contributed by atoms with Gasteiger partial charge in [-0.2, -0.15) is 10.2 Å². The van der Waals surface area contributed by atoms with Gasteiger partial charge in [-0.15, -0.1) is 12.3 Å². The molecule has 2 amide bonds. The average molecular weight is 545 g/mol. The third-order valence-electron chi connectivity index (χ3n) is 7.95. The predicted molar refractivity (Wildman–Crippen MR) is 150 cm³/mol. The topological polar surface area (TPSA) is 124 Å². The lowest BCUT2D eigenvalue weighted by Crippen LogP contribution is -2.60. The van der Waals surface area contributed by atoms with Gasteiger partial charge in [-0.3, -0.25) is 9.59 Å². The number of amides is 2. The van der Waals surface area contributed by atoms with E-state index in [1.54, 1.807) is 24.4 Å². The Hall–Kier alpha value is -4.04. The zero-order valence-corrected chi connectivity index (χ0v) is 22.9. The van der Waals surface area contributed by atoms with E-state index >= 15 is 0 Å². The van der Waals surface area contributed by atoms with E-state index in [2.05, 4.69) is 53.6 Å². The number of likely N-dealkylation sites (tertiary alicyclic amines) is 1. The first-order chi connectivity index (χ1) is 19.4. The van der Waals surface area contributed by atoms with Gasteiger partial charge in [0.1, 0.15) is 12.1 Å². The highest BCUT2D eigenvalue weighted by molar-refractivity contribution is 5.97. The molecule has 3 aliphatic heterocycles. The van der Waals surface area contributed by atoms with Gasteiger partial charge in [-0.25, -0.2) is 9.97 Å². The van der Waals surface area contributed by atoms with E-state index in [9.17, 15) is 9.59 Å². The Morgan fingerprint density at radius 3 is 2.58 bits per heavy atom. The molecule has 0 aliphatic carbocycles. The van der Waals surface area contributed by atoms with Crippen molar-refractivity contribution in [2.75, 3.05) is 51.2 Å². The maximum Gasteiger partial charge on any atom is 0.255 e. The van der Waals surface area contributed by atoms with Gasteiger partial charge >= 0.3 is 0 Å². The summed E-state index contributed by atoms with van der Waals surface area (Å²) in [4.78, 5) is 38.5. The third-order valence-corrected chi connectivity index (χ3v) is 7.95. The molecule has 1 spiro atoms. The minimum Gasteiger partial charge on any atom is -0.451 e. The predicted octanol–water partition coefficient (Wildman–Crippen LogP) is 3.00. The molecule has 1 aromatic carbocycles. The maximum absolute atomic E-state index is 13.0. The molecule has 40 heavy (non-hydrogen) atoms. The number of hydrogen-bond acceptors (Lipinski definition) is 9. The molecule has 2 N–H and O–H groups in total. The number of benzene rings is 1. The Labute approximate surface area is 234 Å². The fraction of sp³-hybridized carbons (Fsp3) is 0.517. The van der Waals surface area contributed by atoms with E-state index in [1.165, 1.54) is 19.2 Å². The van der Waals surface area contributed by atoms with Gasteiger partial charge in [0, 0.05) is 57.3 Å². The van der Waals surface area contributed by atoms with Crippen molar-refractivity contribution < 1.29 is 14.3 Å². The monoisotopic (exact) mass is 544 g/mol. The van der Waals surface area contributed by atoms with E-state index in [-0.39, 0.29) is 18.4 Å². The Balaban J connectivity index is 1.11. The number of carbonyl (C=O) groups excluding carboxylic acids is 2. The van der Waals surface area contributed by atoms with Crippen LogP contribution in [0.25, 0.3) is 0 Å². The summed E-state index contributed by atoms with van der Waals surface area (Å²) in [6, 6.07) is 7.07. The molecule has 210 valence electrons. The largest absolute Gasteiger partial charge is 0.451 e. The molecular formula is C29H36N8O3. The molecule has 1 aromatic heterocycles. The molecule has 4 heterocycles. The SMILES string of the molecule is C#CCCC1(CCC(=O)NCCNC(=O)c2ccccc2Oc2cncnc2N2CC3(CCN(C)CC3)C2)N=N1. The highest BCUT2D eigenvalue weighted by atomic mass is 16.5. The second-order valence-corrected chi connectivity index (χ2v) is 11.0. The molecular weight excluding hydrogens is 508 g/mol. The molecule has 0 bridgehead atoms. The van der Waals surface area contributed by atoms with Gasteiger partial charge in [0.25, 0.3) is 5.91 Å². The van der Waals surface area contributed by atoms with Crippen LogP contribution in [0.3, 0.4) is 0 Å². The van der Waals surface area contributed by atoms with Crippen molar-refractivity contribution in [3.05, 3.63) is 42.4 Å². The second kappa shape index (κ2) is 12.0. The van der Waals surface area contributed by atoms with Crippen molar-refractivity contribution in [1.29, 1.82) is 0 Å². The number of aromatic nitrogens is 2. The van der Waals surface area contributed by atoms with E-state index in [4.69, 9.17) is 11.2 Å². The summed E-state index contributed by atoms with van der Waals surface area (Å²) in [5.74, 6) is 3.86. The number of rotatable bonds is 12. The van der Waals surface area contributed by atoms with Gasteiger partial charge in [-0.05, 0) is 45.1 Å². The molecule has 0 radical (unpaired) electrons. The molecule has 0 atom stereocenters. The van der Waals surface area contributed by atoms with Crippen LogP contribution in [0.1, 0.15) is 48.9 Å². The quantitative estimate of drug-likeness (QED) is 0.311. The van der Waals surface area contributed by atoms with Crippen LogP contribution in [-0.2, 0) is 4.79 Å². The number of anilines is 1. The van der Waals surface area contributed by atoms with Gasteiger partial charge < -0.3 is 25.2 Å². The Bertz CT molecular complexity index is 1280. The lowest BCUT2D eigenvalue weighted by Gasteiger charge is -2.54. The lowest BCUT2D eigenvalue weighted by molar-refractivity contribution is -0.121. The number of ether oxygens (including phenoxy) is 1. The summed E-state index contributed by atoms with van der Waals surface area (Å²) in [5.41, 5.74) is 0.259. The summed E-state index contributed by atoms with van der Waals surface area (Å²) in [7, 11) is 2.17. The third kappa shape index (κ3) is 6.57. The first kappa shape index (κ1) is 27.5. The summed E-state index contributed by atoms with van der Waals surface area (Å²) < 4.78 is 6.22. The van der Waals surface area contributed by atoms with Crippen molar-refractivity contribution in [1.82, 2.24) is 25.5 Å². The Morgan fingerprint density at radius 1 is 1.07 bits per heavy atom. The van der Waals surface area contributed by atoms with Crippen LogP contribution >= 0.6 is 0 Å². The highest BCUT2D eigenvalue weighted by Crippen LogP contribution is 2.44. The zero-order valence-electron chi connectivity index (χ0n) is 22.9. The van der Waals surface area contributed by atoms with Crippen molar-refractivity contribution in [2.45, 2.75) is 44.2 Å². The van der Waals surface area contributed by atoms with Crippen LogP contribution in [0.15, 0.2) is 47.0 Å². The van der Waals surface area contributed by atoms with Crippen LogP contribution in [-0.4, -0.2) is 78.7 Å². The van der Waals surface area contributed by atoms with Crippen molar-refractivity contribution >= 4 is 17.6 Å². The number of hydrogen-bond donors (Lipinski definition) is 2. The van der Waals surface area contributed by atoms with Gasteiger partial charge in [0.15, 0.2) is 17.2 Å². The molecule has 2 saturated heterocycles. The van der Waals surface area contributed by atoms with Crippen LogP contribution in [0, 0.1) is 17.8 Å². The van der Waals surface area contributed by atoms with Crippen LogP contribution in [0.2, 0.25) is 0 Å². The number of nitrogens with one attached hydrogen (secondary N) is 2. The molecule has 2 fully saturated rings. The Kier molecular flexibility index (Phi) is 8.26. The lowest BCUT2D eigenvalue weighted by atomic mass is 9.72. The summed E-state index contributed by atoms with van der Waals surface area (Å²) in [5, 5.41) is 13.8. The summed E-state index contributed by atoms with van der Waals surface area (Å²) >= 11 is 0. The summed E-state index contributed by atoms with van der Waals surface area (Å²) in [6.07, 6.45) is 12.9. The molecule has 11 nitrogen and oxygen atoms in total. The number of para-hydroxylation sites is 1. The van der Waals surface area contributed by atoms with Crippen molar-refractivity contribution in [3.8, 4) is 23.8 Å². The van der Waals surface area contributed by atoms with E-state index in [0.717, 1.165) is 32.0 Å². The number of carbonyl (C=O) groups is 2. The normalized spacial score (nSPS) is 18.4. The van der Waals surface area contributed by atoms with E-state index in [1.807, 2.05) is 6.07 Å². The van der Waals surface area contributed by atoms with Gasteiger partial charge in [-0.1, -0.05) is 12.1 Å². The molecule has 2 aromatic rings. The summed E-state index contributed by atoms with van der Waals surface area (Å²) in [6.45, 7) is 4.71.